The van der Waals surface area contributed by atoms with Gasteiger partial charge in [-0.15, -0.1) is 0 Å². The van der Waals surface area contributed by atoms with E-state index in [4.69, 9.17) is 4.74 Å². The Labute approximate surface area is 198 Å². The fourth-order valence-electron chi connectivity index (χ4n) is 7.49. The van der Waals surface area contributed by atoms with Crippen LogP contribution in [0, 0.1) is 23.2 Å². The summed E-state index contributed by atoms with van der Waals surface area (Å²) in [6, 6.07) is 10.9. The maximum absolute atomic E-state index is 13.0. The van der Waals surface area contributed by atoms with Gasteiger partial charge in [-0.25, -0.2) is 0 Å². The van der Waals surface area contributed by atoms with Gasteiger partial charge in [0.15, 0.2) is 12.4 Å². The lowest BCUT2D eigenvalue weighted by atomic mass is 9.48. The smallest absolute Gasteiger partial charge is 0.306 e. The Balaban J connectivity index is 1.04. The zero-order valence-corrected chi connectivity index (χ0v) is 19.3. The molecule has 4 saturated carbocycles. The molecule has 0 spiro atoms. The Morgan fingerprint density at radius 1 is 0.882 bits per heavy atom. The van der Waals surface area contributed by atoms with Crippen LogP contribution in [0.1, 0.15) is 72.1 Å². The normalized spacial score (nSPS) is 29.1. The van der Waals surface area contributed by atoms with Gasteiger partial charge in [0.1, 0.15) is 0 Å². The van der Waals surface area contributed by atoms with Gasteiger partial charge in [0, 0.05) is 34.9 Å². The van der Waals surface area contributed by atoms with E-state index in [0.29, 0.717) is 40.7 Å². The molecular formula is C28H29NO5. The van der Waals surface area contributed by atoms with Crippen LogP contribution < -0.4 is 0 Å². The minimum atomic E-state index is -0.447. The molecule has 5 aliphatic rings. The van der Waals surface area contributed by atoms with E-state index in [2.05, 4.69) is 0 Å². The third kappa shape index (κ3) is 3.46. The molecule has 0 N–H and O–H groups in total. The van der Waals surface area contributed by atoms with Crippen molar-refractivity contribution in [2.75, 3.05) is 13.2 Å². The van der Waals surface area contributed by atoms with Crippen LogP contribution in [-0.4, -0.2) is 41.6 Å². The lowest BCUT2D eigenvalue weighted by molar-refractivity contribution is -0.157. The molecule has 0 aromatic heterocycles. The Morgan fingerprint density at radius 2 is 1.44 bits per heavy atom. The number of hydrogen-bond acceptors (Lipinski definition) is 5. The van der Waals surface area contributed by atoms with Crippen molar-refractivity contribution in [2.24, 2.45) is 23.2 Å². The largest absolute Gasteiger partial charge is 0.458 e. The number of imide groups is 1. The first kappa shape index (κ1) is 21.5. The number of ketones is 1. The standard InChI is InChI=1S/C28H29NO5/c30-23(28-13-17-10-18(14-28)12-19(11-17)15-28)16-34-24(31)8-3-9-29-26(32)21-6-1-4-20-5-2-7-22(25(20)21)27(29)33/h1-2,4-7,17-19H,3,8-16H2. The summed E-state index contributed by atoms with van der Waals surface area (Å²) in [7, 11) is 0. The number of benzene rings is 2. The zero-order valence-electron chi connectivity index (χ0n) is 19.3. The number of hydrogen-bond donors (Lipinski definition) is 0. The summed E-state index contributed by atoms with van der Waals surface area (Å²) in [5, 5.41) is 1.56. The van der Waals surface area contributed by atoms with Gasteiger partial charge in [0.25, 0.3) is 11.8 Å². The molecular weight excluding hydrogens is 430 g/mol. The SMILES string of the molecule is O=C(CCCN1C(=O)c2cccc3cccc(c23)C1=O)OCC(=O)C12CC3CC(CC(C3)C1)C2. The molecule has 2 amide bonds. The van der Waals surface area contributed by atoms with Crippen LogP contribution >= 0.6 is 0 Å². The Morgan fingerprint density at radius 3 is 2.00 bits per heavy atom. The quantitative estimate of drug-likeness (QED) is 0.448. The van der Waals surface area contributed by atoms with E-state index in [1.54, 1.807) is 12.1 Å². The molecule has 4 bridgehead atoms. The van der Waals surface area contributed by atoms with Gasteiger partial charge in [-0.2, -0.15) is 0 Å². The van der Waals surface area contributed by atoms with E-state index in [1.807, 2.05) is 24.3 Å². The van der Waals surface area contributed by atoms with Gasteiger partial charge in [0.05, 0.1) is 0 Å². The van der Waals surface area contributed by atoms with E-state index >= 15 is 0 Å². The molecule has 2 aromatic rings. The predicted octanol–water partition coefficient (Wildman–Crippen LogP) is 4.54. The van der Waals surface area contributed by atoms with Crippen LogP contribution in [-0.2, 0) is 14.3 Å². The number of esters is 1. The molecule has 34 heavy (non-hydrogen) atoms. The van der Waals surface area contributed by atoms with E-state index in [0.717, 1.165) is 24.6 Å². The van der Waals surface area contributed by atoms with Crippen LogP contribution in [0.2, 0.25) is 0 Å². The van der Waals surface area contributed by atoms with Crippen LogP contribution in [0.25, 0.3) is 10.8 Å². The first-order chi connectivity index (χ1) is 16.4. The number of rotatable bonds is 7. The fraction of sp³-hybridized carbons (Fsp3) is 0.500. The van der Waals surface area contributed by atoms with Crippen molar-refractivity contribution in [2.45, 2.75) is 51.4 Å². The van der Waals surface area contributed by atoms with E-state index in [9.17, 15) is 19.2 Å². The van der Waals surface area contributed by atoms with Gasteiger partial charge in [-0.3, -0.25) is 24.1 Å². The minimum Gasteiger partial charge on any atom is -0.458 e. The summed E-state index contributed by atoms with van der Waals surface area (Å²) in [6.45, 7) is -0.0116. The average Bonchev–Trinajstić information content (AvgIpc) is 2.82. The van der Waals surface area contributed by atoms with Crippen LogP contribution in [0.5, 0.6) is 0 Å². The minimum absolute atomic E-state index is 0.0665. The molecule has 6 nitrogen and oxygen atoms in total. The Bertz CT molecular complexity index is 1130. The highest BCUT2D eigenvalue weighted by Crippen LogP contribution is 2.60. The second-order valence-corrected chi connectivity index (χ2v) is 10.9. The molecule has 6 heteroatoms. The Kier molecular flexibility index (Phi) is 5.08. The Hall–Kier alpha value is -3.02. The number of Topliss-reactive ketones (excluding diaryl/α,β-unsaturated/α-hetero) is 1. The first-order valence-corrected chi connectivity index (χ1v) is 12.5. The highest BCUT2D eigenvalue weighted by Gasteiger charge is 2.54. The number of carbonyl (C=O) groups excluding carboxylic acids is 4. The monoisotopic (exact) mass is 459 g/mol. The highest BCUT2D eigenvalue weighted by molar-refractivity contribution is 6.25. The molecule has 0 atom stereocenters. The predicted molar refractivity (Wildman–Crippen MR) is 125 cm³/mol. The van der Waals surface area contributed by atoms with Crippen molar-refractivity contribution in [1.82, 2.24) is 4.90 Å². The molecule has 7 rings (SSSR count). The molecule has 176 valence electrons. The summed E-state index contributed by atoms with van der Waals surface area (Å²) >= 11 is 0. The van der Waals surface area contributed by atoms with Crippen molar-refractivity contribution >= 4 is 34.3 Å². The molecule has 2 aromatic carbocycles. The van der Waals surface area contributed by atoms with Crippen LogP contribution in [0.4, 0.5) is 0 Å². The topological polar surface area (TPSA) is 80.8 Å². The van der Waals surface area contributed by atoms with E-state index < -0.39 is 5.97 Å². The summed E-state index contributed by atoms with van der Waals surface area (Å²) in [6.07, 6.45) is 7.04. The molecule has 1 heterocycles. The fourth-order valence-corrected chi connectivity index (χ4v) is 7.49. The maximum Gasteiger partial charge on any atom is 0.306 e. The molecule has 0 radical (unpaired) electrons. The molecule has 0 saturated heterocycles. The summed E-state index contributed by atoms with van der Waals surface area (Å²) in [5.74, 6) is 0.979. The van der Waals surface area contributed by atoms with Crippen molar-refractivity contribution in [3.05, 3.63) is 47.5 Å². The second-order valence-electron chi connectivity index (χ2n) is 10.9. The lowest BCUT2D eigenvalue weighted by Gasteiger charge is -2.55. The molecule has 1 aliphatic heterocycles. The van der Waals surface area contributed by atoms with E-state index in [1.165, 1.54) is 24.2 Å². The van der Waals surface area contributed by atoms with Crippen LogP contribution in [0.15, 0.2) is 36.4 Å². The zero-order chi connectivity index (χ0) is 23.4. The second kappa shape index (κ2) is 8.03. The molecule has 4 aliphatic carbocycles. The van der Waals surface area contributed by atoms with Crippen molar-refractivity contribution in [3.8, 4) is 0 Å². The third-order valence-electron chi connectivity index (χ3n) is 8.61. The molecule has 0 unspecified atom stereocenters. The van der Waals surface area contributed by atoms with E-state index in [-0.39, 0.29) is 42.6 Å². The lowest BCUT2D eigenvalue weighted by Crippen LogP contribution is -2.51. The maximum atomic E-state index is 13.0. The molecule has 4 fully saturated rings. The van der Waals surface area contributed by atoms with Gasteiger partial charge < -0.3 is 4.74 Å². The first-order valence-electron chi connectivity index (χ1n) is 12.5. The van der Waals surface area contributed by atoms with Crippen LogP contribution in [0.3, 0.4) is 0 Å². The number of ether oxygens (including phenoxy) is 1. The summed E-state index contributed by atoms with van der Waals surface area (Å²) in [5.41, 5.74) is 0.753. The highest BCUT2D eigenvalue weighted by atomic mass is 16.5. The van der Waals surface area contributed by atoms with Crippen molar-refractivity contribution < 1.29 is 23.9 Å². The van der Waals surface area contributed by atoms with Crippen molar-refractivity contribution in [3.63, 3.8) is 0 Å². The van der Waals surface area contributed by atoms with Gasteiger partial charge >= 0.3 is 5.97 Å². The number of nitrogens with zero attached hydrogens (tertiary/aromatic N) is 1. The third-order valence-corrected chi connectivity index (χ3v) is 8.61. The average molecular weight is 460 g/mol. The number of carbonyl (C=O) groups is 4. The van der Waals surface area contributed by atoms with Crippen molar-refractivity contribution in [1.29, 1.82) is 0 Å². The van der Waals surface area contributed by atoms with Gasteiger partial charge in [-0.1, -0.05) is 24.3 Å². The summed E-state index contributed by atoms with van der Waals surface area (Å²) in [4.78, 5) is 52.5. The number of amides is 2. The van der Waals surface area contributed by atoms with Gasteiger partial charge in [0.2, 0.25) is 0 Å². The summed E-state index contributed by atoms with van der Waals surface area (Å²) < 4.78 is 5.36. The van der Waals surface area contributed by atoms with Gasteiger partial charge in [-0.05, 0) is 80.2 Å².